The number of nitro benzene ring substituents is 1. The zero-order chi connectivity index (χ0) is 15.3. The Kier molecular flexibility index (Phi) is 5.29. The number of likely N-dealkylation sites (N-methyl/N-ethyl adjacent to an activating group) is 1. The van der Waals surface area contributed by atoms with E-state index in [-0.39, 0.29) is 17.3 Å². The van der Waals surface area contributed by atoms with Crippen molar-refractivity contribution >= 4 is 23.3 Å². The normalized spacial score (nSPS) is 13.4. The fraction of sp³-hybridized carbons (Fsp3) is 0.417. The van der Waals surface area contributed by atoms with E-state index in [9.17, 15) is 14.9 Å². The Labute approximate surface area is 121 Å². The second kappa shape index (κ2) is 6.53. The molecule has 0 spiro atoms. The highest BCUT2D eigenvalue weighted by Crippen LogP contribution is 2.28. The smallest absolute Gasteiger partial charge is 0.329 e. The van der Waals surface area contributed by atoms with Gasteiger partial charge in [-0.05, 0) is 20.0 Å². The molecule has 0 aliphatic carbocycles. The Hall–Kier alpha value is -1.86. The second-order valence-electron chi connectivity index (χ2n) is 4.23. The van der Waals surface area contributed by atoms with Gasteiger partial charge in [-0.2, -0.15) is 0 Å². The number of hydrogen-bond donors (Lipinski definition) is 1. The monoisotopic (exact) mass is 302 g/mol. The van der Waals surface area contributed by atoms with E-state index in [1.165, 1.54) is 25.3 Å². The van der Waals surface area contributed by atoms with Crippen LogP contribution in [0.1, 0.15) is 6.92 Å². The zero-order valence-corrected chi connectivity index (χ0v) is 12.1. The van der Waals surface area contributed by atoms with E-state index < -0.39 is 16.4 Å². The van der Waals surface area contributed by atoms with E-state index >= 15 is 0 Å². The van der Waals surface area contributed by atoms with Crippen LogP contribution in [0.25, 0.3) is 0 Å². The molecule has 0 radical (unpaired) electrons. The molecule has 1 rings (SSSR count). The first kappa shape index (κ1) is 16.2. The van der Waals surface area contributed by atoms with Crippen LogP contribution >= 0.6 is 11.6 Å². The lowest BCUT2D eigenvalue weighted by atomic mass is 10.1. The maximum absolute atomic E-state index is 11.6. The zero-order valence-electron chi connectivity index (χ0n) is 11.3. The van der Waals surface area contributed by atoms with Crippen molar-refractivity contribution in [2.45, 2.75) is 12.5 Å². The van der Waals surface area contributed by atoms with Crippen LogP contribution < -0.4 is 10.1 Å². The molecular weight excluding hydrogens is 288 g/mol. The van der Waals surface area contributed by atoms with Crippen molar-refractivity contribution in [2.24, 2.45) is 0 Å². The largest absolute Gasteiger partial charge is 0.491 e. The third-order valence-electron chi connectivity index (χ3n) is 2.83. The Balaban J connectivity index is 2.82. The molecule has 8 heteroatoms. The number of methoxy groups -OCH3 is 1. The van der Waals surface area contributed by atoms with Gasteiger partial charge in [0.05, 0.1) is 12.0 Å². The molecule has 0 aromatic heterocycles. The van der Waals surface area contributed by atoms with Crippen LogP contribution in [0, 0.1) is 10.1 Å². The highest BCUT2D eigenvalue weighted by atomic mass is 35.5. The lowest BCUT2D eigenvalue weighted by Crippen LogP contribution is -2.52. The van der Waals surface area contributed by atoms with Crippen molar-refractivity contribution in [1.82, 2.24) is 5.32 Å². The number of nitro groups is 1. The molecule has 1 aromatic rings. The number of carbonyl (C=O) groups is 1. The molecule has 0 fully saturated rings. The van der Waals surface area contributed by atoms with Crippen molar-refractivity contribution in [2.75, 3.05) is 20.8 Å². The molecule has 1 N–H and O–H groups in total. The lowest BCUT2D eigenvalue weighted by molar-refractivity contribution is -0.384. The van der Waals surface area contributed by atoms with Gasteiger partial charge in [0.1, 0.15) is 22.9 Å². The summed E-state index contributed by atoms with van der Waals surface area (Å²) in [7, 11) is 2.88. The Morgan fingerprint density at radius 3 is 2.65 bits per heavy atom. The van der Waals surface area contributed by atoms with E-state index in [0.717, 1.165) is 0 Å². The number of carbonyl (C=O) groups excluding carboxylic acids is 1. The predicted molar refractivity (Wildman–Crippen MR) is 73.1 cm³/mol. The summed E-state index contributed by atoms with van der Waals surface area (Å²) in [6.07, 6.45) is 0. The molecule has 1 unspecified atom stereocenters. The van der Waals surface area contributed by atoms with Crippen molar-refractivity contribution < 1.29 is 19.2 Å². The van der Waals surface area contributed by atoms with Crippen LogP contribution in [0.3, 0.4) is 0 Å². The Morgan fingerprint density at radius 2 is 2.20 bits per heavy atom. The molecule has 0 aliphatic heterocycles. The minimum absolute atomic E-state index is 0.00961. The lowest BCUT2D eigenvalue weighted by Gasteiger charge is -2.25. The van der Waals surface area contributed by atoms with E-state index in [1.54, 1.807) is 14.0 Å². The number of halogens is 1. The average Bonchev–Trinajstić information content (AvgIpc) is 2.43. The third-order valence-corrected chi connectivity index (χ3v) is 3.13. The van der Waals surface area contributed by atoms with Gasteiger partial charge in [0, 0.05) is 12.1 Å². The van der Waals surface area contributed by atoms with Gasteiger partial charge in [-0.1, -0.05) is 11.6 Å². The van der Waals surface area contributed by atoms with Crippen LogP contribution in [-0.2, 0) is 9.53 Å². The van der Waals surface area contributed by atoms with Crippen LogP contribution in [0.15, 0.2) is 18.2 Å². The van der Waals surface area contributed by atoms with E-state index in [4.69, 9.17) is 16.3 Å². The quantitative estimate of drug-likeness (QED) is 0.489. The highest BCUT2D eigenvalue weighted by Gasteiger charge is 2.33. The SMILES string of the molecule is CNC(C)(COc1ccc([N+](=O)[O-])c(Cl)c1)C(=O)OC. The molecule has 1 atom stereocenters. The number of nitrogens with one attached hydrogen (secondary N) is 1. The highest BCUT2D eigenvalue weighted by molar-refractivity contribution is 6.32. The third kappa shape index (κ3) is 3.58. The van der Waals surface area contributed by atoms with Gasteiger partial charge in [-0.3, -0.25) is 10.1 Å². The van der Waals surface area contributed by atoms with Crippen LogP contribution in [0.2, 0.25) is 5.02 Å². The molecule has 0 heterocycles. The second-order valence-corrected chi connectivity index (χ2v) is 4.64. The molecule has 0 saturated carbocycles. The molecule has 20 heavy (non-hydrogen) atoms. The molecule has 1 aromatic carbocycles. The standard InChI is InChI=1S/C12H15ClN2O5/c1-12(14-2,11(16)19-3)7-20-8-4-5-10(15(17)18)9(13)6-8/h4-6,14H,7H2,1-3H3. The van der Waals surface area contributed by atoms with Gasteiger partial charge >= 0.3 is 5.97 Å². The number of benzene rings is 1. The summed E-state index contributed by atoms with van der Waals surface area (Å²) in [6, 6.07) is 3.98. The minimum atomic E-state index is -1.02. The first-order valence-electron chi connectivity index (χ1n) is 5.68. The van der Waals surface area contributed by atoms with Gasteiger partial charge in [-0.25, -0.2) is 4.79 Å². The summed E-state index contributed by atoms with van der Waals surface area (Å²) >= 11 is 5.77. The first-order valence-corrected chi connectivity index (χ1v) is 6.06. The fourth-order valence-corrected chi connectivity index (χ4v) is 1.65. The van der Waals surface area contributed by atoms with Gasteiger partial charge in [-0.15, -0.1) is 0 Å². The number of rotatable bonds is 6. The summed E-state index contributed by atoms with van der Waals surface area (Å²) in [5.74, 6) is -0.154. The minimum Gasteiger partial charge on any atom is -0.491 e. The van der Waals surface area contributed by atoms with Gasteiger partial charge in [0.2, 0.25) is 0 Å². The van der Waals surface area contributed by atoms with Crippen LogP contribution in [0.4, 0.5) is 5.69 Å². The van der Waals surface area contributed by atoms with E-state index in [2.05, 4.69) is 10.1 Å². The number of esters is 1. The molecular formula is C12H15ClN2O5. The van der Waals surface area contributed by atoms with Crippen molar-refractivity contribution in [1.29, 1.82) is 0 Å². The molecule has 0 aliphatic rings. The van der Waals surface area contributed by atoms with Crippen LogP contribution in [-0.4, -0.2) is 37.2 Å². The van der Waals surface area contributed by atoms with Crippen molar-refractivity contribution in [3.05, 3.63) is 33.3 Å². The number of ether oxygens (including phenoxy) is 2. The molecule has 0 saturated heterocycles. The number of hydrogen-bond acceptors (Lipinski definition) is 6. The summed E-state index contributed by atoms with van der Waals surface area (Å²) in [4.78, 5) is 21.7. The maximum Gasteiger partial charge on any atom is 0.329 e. The fourth-order valence-electron chi connectivity index (χ4n) is 1.41. The van der Waals surface area contributed by atoms with Crippen LogP contribution in [0.5, 0.6) is 5.75 Å². The molecule has 0 amide bonds. The first-order chi connectivity index (χ1) is 9.34. The number of nitrogens with zero attached hydrogens (tertiary/aromatic N) is 1. The van der Waals surface area contributed by atoms with Gasteiger partial charge in [0.15, 0.2) is 0 Å². The Morgan fingerprint density at radius 1 is 1.55 bits per heavy atom. The van der Waals surface area contributed by atoms with Gasteiger partial charge in [0.25, 0.3) is 5.69 Å². The summed E-state index contributed by atoms with van der Waals surface area (Å²) in [5, 5.41) is 13.4. The summed E-state index contributed by atoms with van der Waals surface area (Å²) < 4.78 is 10.1. The molecule has 7 nitrogen and oxygen atoms in total. The van der Waals surface area contributed by atoms with E-state index in [1.807, 2.05) is 0 Å². The van der Waals surface area contributed by atoms with Crippen molar-refractivity contribution in [3.8, 4) is 5.75 Å². The van der Waals surface area contributed by atoms with Gasteiger partial charge < -0.3 is 14.8 Å². The molecule has 0 bridgehead atoms. The average molecular weight is 303 g/mol. The maximum atomic E-state index is 11.6. The Bertz CT molecular complexity index is 523. The predicted octanol–water partition coefficient (Wildman–Crippen LogP) is 1.78. The summed E-state index contributed by atoms with van der Waals surface area (Å²) in [6.45, 7) is 1.61. The molecule has 110 valence electrons. The topological polar surface area (TPSA) is 90.7 Å². The van der Waals surface area contributed by atoms with E-state index in [0.29, 0.717) is 5.75 Å². The van der Waals surface area contributed by atoms with Crippen molar-refractivity contribution in [3.63, 3.8) is 0 Å². The summed E-state index contributed by atoms with van der Waals surface area (Å²) in [5.41, 5.74) is -1.23.